The lowest BCUT2D eigenvalue weighted by atomic mass is 10.2. The van der Waals surface area contributed by atoms with Crippen LogP contribution >= 0.6 is 11.8 Å². The summed E-state index contributed by atoms with van der Waals surface area (Å²) >= 11 is 1.07. The highest BCUT2D eigenvalue weighted by Gasteiger charge is 2.32. The lowest BCUT2D eigenvalue weighted by Crippen LogP contribution is -2.23. The Balaban J connectivity index is 1.55. The molecule has 4 rings (SSSR count). The number of nitrogens with one attached hydrogen (secondary N) is 1. The van der Waals surface area contributed by atoms with Crippen LogP contribution in [0.2, 0.25) is 0 Å². The van der Waals surface area contributed by atoms with E-state index in [-0.39, 0.29) is 6.04 Å². The molecule has 1 fully saturated rings. The molecule has 0 radical (unpaired) electrons. The molecule has 0 aliphatic heterocycles. The second kappa shape index (κ2) is 8.10. The third kappa shape index (κ3) is 3.91. The van der Waals surface area contributed by atoms with Gasteiger partial charge in [0.25, 0.3) is 0 Å². The molecule has 1 aliphatic rings. The summed E-state index contributed by atoms with van der Waals surface area (Å²) in [5.41, 5.74) is -0.147. The normalized spacial score (nSPS) is 14.6. The van der Waals surface area contributed by atoms with Crippen LogP contribution in [-0.2, 0) is 4.79 Å². The van der Waals surface area contributed by atoms with Gasteiger partial charge in [-0.05, 0) is 44.0 Å². The van der Waals surface area contributed by atoms with Crippen LogP contribution < -0.4 is 5.32 Å². The number of carbonyl (C=O) groups is 1. The Labute approximate surface area is 173 Å². The smallest absolute Gasteiger partial charge is 0.237 e. The Bertz CT molecular complexity index is 1120. The number of nitrogens with zero attached hydrogens (tertiary/aromatic N) is 3. The van der Waals surface area contributed by atoms with Crippen molar-refractivity contribution in [2.75, 3.05) is 5.32 Å². The van der Waals surface area contributed by atoms with Gasteiger partial charge in [0.05, 0.1) is 16.5 Å². The van der Waals surface area contributed by atoms with E-state index in [0.29, 0.717) is 16.5 Å². The van der Waals surface area contributed by atoms with Gasteiger partial charge >= 0.3 is 0 Å². The largest absolute Gasteiger partial charge is 0.323 e. The SMILES string of the molecule is CC(Sc1nnc(-c2ccccc2F)n1C1CC1)C(=O)Nc1ccc(F)c(F)c1F. The number of rotatable bonds is 6. The number of benzene rings is 2. The molecule has 0 bridgehead atoms. The Morgan fingerprint density at radius 3 is 2.50 bits per heavy atom. The van der Waals surface area contributed by atoms with Crippen LogP contribution in [0.15, 0.2) is 41.6 Å². The fraction of sp³-hybridized carbons (Fsp3) is 0.250. The Morgan fingerprint density at radius 2 is 1.80 bits per heavy atom. The van der Waals surface area contributed by atoms with Crippen LogP contribution in [0.1, 0.15) is 25.8 Å². The number of thioether (sulfide) groups is 1. The number of hydrogen-bond donors (Lipinski definition) is 1. The zero-order valence-corrected chi connectivity index (χ0v) is 16.5. The first-order chi connectivity index (χ1) is 14.4. The van der Waals surface area contributed by atoms with Crippen LogP contribution in [0.25, 0.3) is 11.4 Å². The molecule has 1 atom stereocenters. The molecule has 1 saturated carbocycles. The van der Waals surface area contributed by atoms with Crippen molar-refractivity contribution < 1.29 is 22.4 Å². The summed E-state index contributed by atoms with van der Waals surface area (Å²) in [5, 5.41) is 10.1. The average Bonchev–Trinajstić information content (AvgIpc) is 3.49. The molecule has 0 spiro atoms. The van der Waals surface area contributed by atoms with Crippen molar-refractivity contribution in [3.05, 3.63) is 59.7 Å². The highest BCUT2D eigenvalue weighted by Crippen LogP contribution is 2.42. The molecule has 1 heterocycles. The van der Waals surface area contributed by atoms with Gasteiger partial charge in [-0.3, -0.25) is 9.36 Å². The zero-order valence-electron chi connectivity index (χ0n) is 15.7. The van der Waals surface area contributed by atoms with Crippen molar-refractivity contribution >= 4 is 23.4 Å². The fourth-order valence-electron chi connectivity index (χ4n) is 2.91. The molecule has 156 valence electrons. The Kier molecular flexibility index (Phi) is 5.50. The highest BCUT2D eigenvalue weighted by atomic mass is 32.2. The summed E-state index contributed by atoms with van der Waals surface area (Å²) < 4.78 is 56.3. The van der Waals surface area contributed by atoms with Gasteiger partial charge in [-0.25, -0.2) is 17.6 Å². The maximum absolute atomic E-state index is 14.2. The Hall–Kier alpha value is -2.88. The van der Waals surface area contributed by atoms with E-state index in [2.05, 4.69) is 15.5 Å². The number of amides is 1. The maximum atomic E-state index is 14.2. The van der Waals surface area contributed by atoms with Gasteiger partial charge in [-0.1, -0.05) is 23.9 Å². The van der Waals surface area contributed by atoms with E-state index >= 15 is 0 Å². The van der Waals surface area contributed by atoms with Gasteiger partial charge < -0.3 is 5.32 Å². The summed E-state index contributed by atoms with van der Waals surface area (Å²) in [6.07, 6.45) is 1.77. The molecule has 1 aromatic heterocycles. The third-order valence-electron chi connectivity index (χ3n) is 4.64. The molecule has 1 N–H and O–H groups in total. The predicted octanol–water partition coefficient (Wildman–Crippen LogP) is 4.96. The molecule has 10 heteroatoms. The minimum atomic E-state index is -1.66. The van der Waals surface area contributed by atoms with Crippen molar-refractivity contribution in [1.29, 1.82) is 0 Å². The lowest BCUT2D eigenvalue weighted by Gasteiger charge is -2.14. The van der Waals surface area contributed by atoms with Crippen LogP contribution in [0.3, 0.4) is 0 Å². The molecule has 5 nitrogen and oxygen atoms in total. The van der Waals surface area contributed by atoms with Crippen LogP contribution in [0.4, 0.5) is 23.2 Å². The van der Waals surface area contributed by atoms with Gasteiger partial charge in [-0.2, -0.15) is 0 Å². The summed E-state index contributed by atoms with van der Waals surface area (Å²) in [6, 6.07) is 8.01. The Morgan fingerprint density at radius 1 is 1.07 bits per heavy atom. The predicted molar refractivity (Wildman–Crippen MR) is 104 cm³/mol. The standard InChI is InChI=1S/C20H16F4N4OS/c1-10(19(29)25-15-9-8-14(22)16(23)17(15)24)30-20-27-26-18(28(20)11-6-7-11)12-4-2-3-5-13(12)21/h2-5,8-11H,6-7H2,1H3,(H,25,29). The maximum Gasteiger partial charge on any atom is 0.237 e. The summed E-state index contributed by atoms with van der Waals surface area (Å²) in [5.74, 6) is -5.14. The first-order valence-electron chi connectivity index (χ1n) is 9.17. The molecule has 1 amide bonds. The molecular formula is C20H16F4N4OS. The van der Waals surface area contributed by atoms with E-state index in [1.54, 1.807) is 29.7 Å². The molecule has 0 saturated heterocycles. The van der Waals surface area contributed by atoms with Gasteiger partial charge in [0, 0.05) is 6.04 Å². The van der Waals surface area contributed by atoms with Crippen molar-refractivity contribution in [3.8, 4) is 11.4 Å². The minimum absolute atomic E-state index is 0.107. The van der Waals surface area contributed by atoms with Gasteiger partial charge in [-0.15, -0.1) is 10.2 Å². The molecule has 3 aromatic rings. The molecular weight excluding hydrogens is 420 g/mol. The second-order valence-electron chi connectivity index (χ2n) is 6.86. The van der Waals surface area contributed by atoms with Crippen molar-refractivity contribution in [2.45, 2.75) is 36.2 Å². The molecule has 2 aromatic carbocycles. The van der Waals surface area contributed by atoms with Crippen LogP contribution in [-0.4, -0.2) is 25.9 Å². The van der Waals surface area contributed by atoms with E-state index < -0.39 is 40.1 Å². The van der Waals surface area contributed by atoms with Crippen molar-refractivity contribution in [3.63, 3.8) is 0 Å². The highest BCUT2D eigenvalue weighted by molar-refractivity contribution is 8.00. The summed E-state index contributed by atoms with van der Waals surface area (Å²) in [4.78, 5) is 12.5. The van der Waals surface area contributed by atoms with Crippen molar-refractivity contribution in [1.82, 2.24) is 14.8 Å². The van der Waals surface area contributed by atoms with Crippen molar-refractivity contribution in [2.24, 2.45) is 0 Å². The fourth-order valence-corrected chi connectivity index (χ4v) is 3.83. The van der Waals surface area contributed by atoms with E-state index in [0.717, 1.165) is 36.7 Å². The first-order valence-corrected chi connectivity index (χ1v) is 10.1. The summed E-state index contributed by atoms with van der Waals surface area (Å²) in [7, 11) is 0. The molecule has 30 heavy (non-hydrogen) atoms. The first kappa shape index (κ1) is 20.4. The van der Waals surface area contributed by atoms with Gasteiger partial charge in [0.15, 0.2) is 28.4 Å². The minimum Gasteiger partial charge on any atom is -0.323 e. The third-order valence-corrected chi connectivity index (χ3v) is 5.69. The van der Waals surface area contributed by atoms with Gasteiger partial charge in [0.1, 0.15) is 5.82 Å². The molecule has 1 aliphatic carbocycles. The molecule has 1 unspecified atom stereocenters. The van der Waals surface area contributed by atoms with E-state index in [4.69, 9.17) is 0 Å². The van der Waals surface area contributed by atoms with E-state index in [9.17, 15) is 22.4 Å². The van der Waals surface area contributed by atoms with E-state index in [1.165, 1.54) is 6.07 Å². The average molecular weight is 436 g/mol. The number of aromatic nitrogens is 3. The number of halogens is 4. The summed E-state index contributed by atoms with van der Waals surface area (Å²) in [6.45, 7) is 1.56. The van der Waals surface area contributed by atoms with Gasteiger partial charge in [0.2, 0.25) is 5.91 Å². The lowest BCUT2D eigenvalue weighted by molar-refractivity contribution is -0.115. The number of hydrogen-bond acceptors (Lipinski definition) is 4. The van der Waals surface area contributed by atoms with Crippen LogP contribution in [0.5, 0.6) is 0 Å². The quantitative estimate of drug-likeness (QED) is 0.337. The zero-order chi connectivity index (χ0) is 21.4. The monoisotopic (exact) mass is 436 g/mol. The van der Waals surface area contributed by atoms with E-state index in [1.807, 2.05) is 0 Å². The topological polar surface area (TPSA) is 59.8 Å². The number of carbonyl (C=O) groups excluding carboxylic acids is 1. The second-order valence-corrected chi connectivity index (χ2v) is 8.17. The van der Waals surface area contributed by atoms with Crippen LogP contribution in [0, 0.1) is 23.3 Å². The number of anilines is 1.